The van der Waals surface area contributed by atoms with Crippen molar-refractivity contribution in [2.24, 2.45) is 35.5 Å². The Bertz CT molecular complexity index is 3620. The monoisotopic (exact) mass is 1140 g/mol. The zero-order valence-corrected chi connectivity index (χ0v) is 56.5. The summed E-state index contributed by atoms with van der Waals surface area (Å²) in [4.78, 5) is 15.2. The molecule has 1 N–H and O–H groups in total. The van der Waals surface area contributed by atoms with Gasteiger partial charge in [0.05, 0.1) is 6.10 Å². The van der Waals surface area contributed by atoms with Gasteiger partial charge in [0.15, 0.2) is 0 Å². The first kappa shape index (κ1) is 59.4. The van der Waals surface area contributed by atoms with Crippen LogP contribution in [0.3, 0.4) is 0 Å². The summed E-state index contributed by atoms with van der Waals surface area (Å²) >= 11 is 0. The fraction of sp³-hybridized carbons (Fsp3) is 0.538. The predicted molar refractivity (Wildman–Crippen MR) is 363 cm³/mol. The van der Waals surface area contributed by atoms with Gasteiger partial charge in [-0.15, -0.1) is 0 Å². The summed E-state index contributed by atoms with van der Waals surface area (Å²) < 4.78 is 0. The molecule has 12 unspecified atom stereocenters. The molecule has 12 atom stereocenters. The fourth-order valence-corrected chi connectivity index (χ4v) is 17.7. The average molecular weight is 1140 g/mol. The lowest BCUT2D eigenvalue weighted by molar-refractivity contribution is 0.0689. The lowest BCUT2D eigenvalue weighted by Crippen LogP contribution is -2.53. The summed E-state index contributed by atoms with van der Waals surface area (Å²) in [5.41, 5.74) is 22.3. The first-order valence-electron chi connectivity index (χ1n) is 32.5. The predicted octanol–water partition coefficient (Wildman–Crippen LogP) is 17.6. The molecule has 7 heteroatoms. The van der Waals surface area contributed by atoms with E-state index in [4.69, 9.17) is 0 Å². The zero-order chi connectivity index (χ0) is 61.6. The molecule has 0 spiro atoms. The topological polar surface area (TPSA) is 39.7 Å². The molecule has 12 rings (SSSR count). The normalized spacial score (nSPS) is 30.8. The Labute approximate surface area is 513 Å². The summed E-state index contributed by atoms with van der Waals surface area (Å²) in [5, 5.41) is 12.1. The van der Waals surface area contributed by atoms with Gasteiger partial charge in [-0.1, -0.05) is 120 Å². The Morgan fingerprint density at radius 1 is 0.259 bits per heavy atom. The number of nitrogens with zero attached hydrogens (tertiary/aromatic N) is 6. The molecule has 0 aromatic heterocycles. The molecule has 6 aromatic rings. The number of para-hydroxylation sites is 1. The van der Waals surface area contributed by atoms with Crippen LogP contribution >= 0.6 is 0 Å². The van der Waals surface area contributed by atoms with Gasteiger partial charge < -0.3 is 34.5 Å². The second-order valence-electron chi connectivity index (χ2n) is 31.5. The third-order valence-corrected chi connectivity index (χ3v) is 27.0. The minimum atomic E-state index is -0.536. The number of hydrogen-bond donors (Lipinski definition) is 1. The Morgan fingerprint density at radius 2 is 0.459 bits per heavy atom. The Hall–Kier alpha value is -5.92. The number of rotatable bonds is 5. The van der Waals surface area contributed by atoms with Crippen molar-refractivity contribution < 1.29 is 5.11 Å². The van der Waals surface area contributed by atoms with Crippen LogP contribution in [-0.4, -0.2) is 80.6 Å². The van der Waals surface area contributed by atoms with Crippen molar-refractivity contribution in [1.82, 2.24) is 0 Å². The van der Waals surface area contributed by atoms with Crippen molar-refractivity contribution >= 4 is 34.1 Å². The molecule has 7 nitrogen and oxygen atoms in total. The minimum absolute atomic E-state index is 0.0232. The van der Waals surface area contributed by atoms with Gasteiger partial charge in [-0.3, -0.25) is 0 Å². The van der Waals surface area contributed by atoms with Crippen molar-refractivity contribution in [2.45, 2.75) is 194 Å². The Morgan fingerprint density at radius 3 is 0.729 bits per heavy atom. The fourth-order valence-electron chi connectivity index (χ4n) is 17.7. The van der Waals surface area contributed by atoms with Crippen LogP contribution in [0.5, 0.6) is 0 Å². The van der Waals surface area contributed by atoms with Crippen molar-refractivity contribution in [2.75, 3.05) is 71.7 Å². The molecule has 0 amide bonds. The maximum absolute atomic E-state index is 12.1. The zero-order valence-electron chi connectivity index (χ0n) is 56.5. The molecule has 85 heavy (non-hydrogen) atoms. The summed E-state index contributed by atoms with van der Waals surface area (Å²) in [7, 11) is 13.8. The number of fused-ring (bicyclic) bond motifs is 6. The molecule has 0 aliphatic carbocycles. The van der Waals surface area contributed by atoms with Crippen LogP contribution < -0.4 is 29.4 Å². The maximum Gasteiger partial charge on any atom is 0.0857 e. The molecule has 0 bridgehead atoms. The molecule has 452 valence electrons. The molecular formula is C78H104N6O. The van der Waals surface area contributed by atoms with Crippen molar-refractivity contribution in [1.29, 1.82) is 0 Å². The van der Waals surface area contributed by atoms with E-state index in [1.54, 1.807) is 0 Å². The van der Waals surface area contributed by atoms with Gasteiger partial charge in [-0.05, 0) is 205 Å². The average Bonchev–Trinajstić information content (AvgIpc) is 0.891. The third kappa shape index (κ3) is 8.25. The molecule has 6 heterocycles. The van der Waals surface area contributed by atoms with Gasteiger partial charge in [-0.25, -0.2) is 0 Å². The van der Waals surface area contributed by atoms with Crippen LogP contribution in [0, 0.1) is 35.5 Å². The van der Waals surface area contributed by atoms with Crippen LogP contribution in [0.25, 0.3) is 0 Å². The van der Waals surface area contributed by atoms with E-state index in [1.165, 1.54) is 84.1 Å². The van der Waals surface area contributed by atoms with Crippen LogP contribution in [-0.2, 0) is 0 Å². The molecule has 0 radical (unpaired) electrons. The van der Waals surface area contributed by atoms with Crippen LogP contribution in [0.4, 0.5) is 34.1 Å². The highest BCUT2D eigenvalue weighted by Gasteiger charge is 2.51. The van der Waals surface area contributed by atoms with Crippen LogP contribution in [0.2, 0.25) is 0 Å². The lowest BCUT2D eigenvalue weighted by Gasteiger charge is -2.54. The van der Waals surface area contributed by atoms with E-state index in [2.05, 4.69) is 312 Å². The SMILES string of the molecule is CC1C(O)c2cc(C3c4cc(C5c6cc(C7c8cc(C9c%10cc(C%11c%12ccccc%12N(C)C(C)(C)C%11C)ccc%10N(C)C(C)(C)C9C)ccc8N(C)C(C)(C)C7C)ccc6N(C)C(C)(C)C5C)ccc4N(C)C(C)(C)C3C)ccc2N(C)C1(C)C. The smallest absolute Gasteiger partial charge is 0.0857 e. The molecule has 0 saturated heterocycles. The molecule has 0 fully saturated rings. The summed E-state index contributed by atoms with van der Waals surface area (Å²) in [6.45, 7) is 43.7. The molecular weight excluding hydrogens is 1040 g/mol. The van der Waals surface area contributed by atoms with Crippen LogP contribution in [0.15, 0.2) is 115 Å². The quantitative estimate of drug-likeness (QED) is 0.184. The molecule has 6 aliphatic heterocycles. The van der Waals surface area contributed by atoms with E-state index in [0.29, 0.717) is 29.6 Å². The number of aliphatic hydroxyl groups is 1. The first-order chi connectivity index (χ1) is 39.6. The van der Waals surface area contributed by atoms with E-state index in [9.17, 15) is 5.11 Å². The van der Waals surface area contributed by atoms with Gasteiger partial charge in [0.25, 0.3) is 0 Å². The number of benzene rings is 6. The van der Waals surface area contributed by atoms with E-state index in [1.807, 2.05) is 0 Å². The number of anilines is 6. The maximum atomic E-state index is 12.1. The van der Waals surface area contributed by atoms with Crippen LogP contribution in [0.1, 0.15) is 222 Å². The highest BCUT2D eigenvalue weighted by atomic mass is 16.3. The largest absolute Gasteiger partial charge is 0.388 e. The second-order valence-corrected chi connectivity index (χ2v) is 31.5. The van der Waals surface area contributed by atoms with Gasteiger partial charge in [0, 0.05) is 151 Å². The molecule has 6 aromatic carbocycles. The van der Waals surface area contributed by atoms with Crippen molar-refractivity contribution in [3.63, 3.8) is 0 Å². The minimum Gasteiger partial charge on any atom is -0.388 e. The second kappa shape index (κ2) is 19.5. The number of aliphatic hydroxyl groups excluding tert-OH is 1. The van der Waals surface area contributed by atoms with Gasteiger partial charge in [-0.2, -0.15) is 0 Å². The molecule has 0 saturated carbocycles. The lowest BCUT2D eigenvalue weighted by atomic mass is 9.63. The summed E-state index contributed by atoms with van der Waals surface area (Å²) in [6.07, 6.45) is -0.536. The van der Waals surface area contributed by atoms with Crippen molar-refractivity contribution in [3.8, 4) is 0 Å². The van der Waals surface area contributed by atoms with Gasteiger partial charge in [0.1, 0.15) is 0 Å². The summed E-state index contributed by atoms with van der Waals surface area (Å²) in [6, 6.07) is 46.7. The molecule has 6 aliphatic rings. The highest BCUT2D eigenvalue weighted by Crippen LogP contribution is 2.59. The van der Waals surface area contributed by atoms with E-state index >= 15 is 0 Å². The Kier molecular flexibility index (Phi) is 13.7. The van der Waals surface area contributed by atoms with E-state index < -0.39 is 6.10 Å². The summed E-state index contributed by atoms with van der Waals surface area (Å²) in [5.74, 6) is 2.63. The first-order valence-corrected chi connectivity index (χ1v) is 32.5. The van der Waals surface area contributed by atoms with E-state index in [-0.39, 0.29) is 68.7 Å². The standard InChI is InChI=1S/C78H104N6O/c1-44-67(55-27-25-26-28-61(55)79(19)73(44,7)8)50-29-34-62-56(39-50)68(45(2)74(9,10)80(62)20)51-30-35-63-57(40-51)69(46(3)75(11,12)81(63)21)52-31-36-64-58(41-52)70(47(4)76(13,14)82(64)22)53-32-37-65-59(42-53)71(48(5)77(15,16)83(65)23)54-33-38-66-60(43-54)72(85)49(6)78(17,18)84(66)24/h25-49,67-72,85H,1-24H3. The van der Waals surface area contributed by atoms with Gasteiger partial charge >= 0.3 is 0 Å². The van der Waals surface area contributed by atoms with Crippen molar-refractivity contribution in [3.05, 3.63) is 176 Å². The highest BCUT2D eigenvalue weighted by molar-refractivity contribution is 5.72. The third-order valence-electron chi connectivity index (χ3n) is 27.0. The van der Waals surface area contributed by atoms with E-state index in [0.717, 1.165) is 11.3 Å². The van der Waals surface area contributed by atoms with Gasteiger partial charge in [0.2, 0.25) is 0 Å². The Balaban J connectivity index is 0.995. The number of hydrogen-bond acceptors (Lipinski definition) is 7.